The number of hydrogen-bond donors (Lipinski definition) is 1. The van der Waals surface area contributed by atoms with Crippen LogP contribution in [0.2, 0.25) is 5.02 Å². The van der Waals surface area contributed by atoms with E-state index in [-0.39, 0.29) is 17.3 Å². The molecule has 1 heterocycles. The molecule has 25 heavy (non-hydrogen) atoms. The predicted octanol–water partition coefficient (Wildman–Crippen LogP) is 4.43. The maximum absolute atomic E-state index is 12.1. The van der Waals surface area contributed by atoms with Gasteiger partial charge in [-0.3, -0.25) is 14.9 Å². The summed E-state index contributed by atoms with van der Waals surface area (Å²) in [5.74, 6) is -0.253. The third kappa shape index (κ3) is 3.92. The van der Waals surface area contributed by atoms with Gasteiger partial charge in [-0.2, -0.15) is 0 Å². The summed E-state index contributed by atoms with van der Waals surface area (Å²) in [5, 5.41) is 14.5. The van der Waals surface area contributed by atoms with E-state index in [1.165, 1.54) is 12.1 Å². The lowest BCUT2D eigenvalue weighted by molar-refractivity contribution is -0.385. The molecule has 3 rings (SSSR count). The second-order valence-electron chi connectivity index (χ2n) is 5.14. The number of nitrogens with zero attached hydrogens (tertiary/aromatic N) is 2. The lowest BCUT2D eigenvalue weighted by atomic mass is 10.1. The van der Waals surface area contributed by atoms with Gasteiger partial charge in [0.1, 0.15) is 5.52 Å². The highest BCUT2D eigenvalue weighted by Gasteiger charge is 2.15. The summed E-state index contributed by atoms with van der Waals surface area (Å²) in [5.41, 5.74) is 1.97. The molecule has 0 unspecified atom stereocenters. The molecule has 2 aromatic carbocycles. The van der Waals surface area contributed by atoms with Crippen molar-refractivity contribution < 1.29 is 14.1 Å². The zero-order valence-electron chi connectivity index (χ0n) is 13.0. The van der Waals surface area contributed by atoms with Crippen LogP contribution in [0.4, 0.5) is 11.4 Å². The van der Waals surface area contributed by atoms with Crippen molar-refractivity contribution in [1.29, 1.82) is 0 Å². The standard InChI is InChI=1S/C16H12ClN3O4S/c1-9-11(3-2-4-13(9)20(22)23)18-15(21)8-25-16-19-12-7-10(17)5-6-14(12)24-16/h2-7H,8H2,1H3,(H,18,21). The maximum atomic E-state index is 12.1. The normalized spacial score (nSPS) is 10.8. The van der Waals surface area contributed by atoms with Gasteiger partial charge in [-0.25, -0.2) is 4.98 Å². The van der Waals surface area contributed by atoms with Crippen LogP contribution in [0, 0.1) is 17.0 Å². The summed E-state index contributed by atoms with van der Waals surface area (Å²) in [4.78, 5) is 26.8. The van der Waals surface area contributed by atoms with E-state index >= 15 is 0 Å². The Morgan fingerprint density at radius 3 is 2.96 bits per heavy atom. The number of anilines is 1. The first kappa shape index (κ1) is 17.2. The SMILES string of the molecule is Cc1c(NC(=O)CSc2nc3cc(Cl)ccc3o2)cccc1[N+](=O)[O-]. The lowest BCUT2D eigenvalue weighted by Crippen LogP contribution is -2.15. The van der Waals surface area contributed by atoms with Crippen molar-refractivity contribution in [1.82, 2.24) is 4.98 Å². The fourth-order valence-electron chi connectivity index (χ4n) is 2.21. The quantitative estimate of drug-likeness (QED) is 0.401. The van der Waals surface area contributed by atoms with E-state index in [1.54, 1.807) is 31.2 Å². The first-order valence-corrected chi connectivity index (χ1v) is 8.53. The average Bonchev–Trinajstić information content (AvgIpc) is 2.96. The number of aromatic nitrogens is 1. The van der Waals surface area contributed by atoms with E-state index in [1.807, 2.05) is 0 Å². The molecule has 1 N–H and O–H groups in total. The second-order valence-corrected chi connectivity index (χ2v) is 6.50. The van der Waals surface area contributed by atoms with Crippen molar-refractivity contribution in [3.63, 3.8) is 0 Å². The Morgan fingerprint density at radius 1 is 1.40 bits per heavy atom. The first-order valence-electron chi connectivity index (χ1n) is 7.17. The van der Waals surface area contributed by atoms with Crippen LogP contribution in [0.1, 0.15) is 5.56 Å². The van der Waals surface area contributed by atoms with E-state index in [0.29, 0.717) is 32.6 Å². The zero-order valence-corrected chi connectivity index (χ0v) is 14.6. The van der Waals surface area contributed by atoms with Crippen molar-refractivity contribution in [2.45, 2.75) is 12.1 Å². The fraction of sp³-hybridized carbons (Fsp3) is 0.125. The third-order valence-corrected chi connectivity index (χ3v) is 4.50. The highest BCUT2D eigenvalue weighted by molar-refractivity contribution is 7.99. The number of nitro benzene ring substituents is 1. The number of fused-ring (bicyclic) bond motifs is 1. The van der Waals surface area contributed by atoms with Crippen LogP contribution in [-0.4, -0.2) is 21.6 Å². The molecule has 1 aromatic heterocycles. The number of oxazole rings is 1. The minimum absolute atomic E-state index is 0.0405. The topological polar surface area (TPSA) is 98.3 Å². The Bertz CT molecular complexity index is 973. The molecule has 0 fully saturated rings. The molecule has 7 nitrogen and oxygen atoms in total. The molecule has 128 valence electrons. The van der Waals surface area contributed by atoms with Gasteiger partial charge in [-0.15, -0.1) is 0 Å². The number of thioether (sulfide) groups is 1. The number of halogens is 1. The number of hydrogen-bond acceptors (Lipinski definition) is 6. The maximum Gasteiger partial charge on any atom is 0.274 e. The number of carbonyl (C=O) groups excluding carboxylic acids is 1. The van der Waals surface area contributed by atoms with E-state index in [0.717, 1.165) is 11.8 Å². The molecule has 0 aliphatic rings. The van der Waals surface area contributed by atoms with Gasteiger partial charge in [-0.1, -0.05) is 29.4 Å². The van der Waals surface area contributed by atoms with Gasteiger partial charge in [0.05, 0.1) is 21.9 Å². The zero-order chi connectivity index (χ0) is 18.0. The Kier molecular flexibility index (Phi) is 4.91. The van der Waals surface area contributed by atoms with Crippen LogP contribution in [0.25, 0.3) is 11.1 Å². The van der Waals surface area contributed by atoms with Crippen molar-refractivity contribution >= 4 is 51.7 Å². The molecule has 0 saturated heterocycles. The van der Waals surface area contributed by atoms with Crippen LogP contribution in [0.5, 0.6) is 0 Å². The summed E-state index contributed by atoms with van der Waals surface area (Å²) < 4.78 is 5.52. The van der Waals surface area contributed by atoms with Gasteiger partial charge >= 0.3 is 0 Å². The highest BCUT2D eigenvalue weighted by Crippen LogP contribution is 2.27. The van der Waals surface area contributed by atoms with Crippen molar-refractivity contribution in [2.75, 3.05) is 11.1 Å². The number of nitrogens with one attached hydrogen (secondary N) is 1. The molecule has 9 heteroatoms. The monoisotopic (exact) mass is 377 g/mol. The molecule has 0 atom stereocenters. The highest BCUT2D eigenvalue weighted by atomic mass is 35.5. The molecule has 3 aromatic rings. The van der Waals surface area contributed by atoms with Crippen LogP contribution in [0.15, 0.2) is 46.0 Å². The van der Waals surface area contributed by atoms with E-state index in [2.05, 4.69) is 10.3 Å². The molecule has 0 aliphatic carbocycles. The van der Waals surface area contributed by atoms with Gasteiger partial charge < -0.3 is 9.73 Å². The molecule has 0 spiro atoms. The Morgan fingerprint density at radius 2 is 2.20 bits per heavy atom. The van der Waals surface area contributed by atoms with Crippen LogP contribution >= 0.6 is 23.4 Å². The average molecular weight is 378 g/mol. The van der Waals surface area contributed by atoms with Gasteiger partial charge in [0.2, 0.25) is 5.91 Å². The number of rotatable bonds is 5. The summed E-state index contributed by atoms with van der Waals surface area (Å²) >= 11 is 7.02. The summed E-state index contributed by atoms with van der Waals surface area (Å²) in [6.07, 6.45) is 0. The minimum Gasteiger partial charge on any atom is -0.431 e. The van der Waals surface area contributed by atoms with E-state index < -0.39 is 4.92 Å². The van der Waals surface area contributed by atoms with Gasteiger partial charge in [0.15, 0.2) is 5.58 Å². The van der Waals surface area contributed by atoms with Gasteiger partial charge in [-0.05, 0) is 31.2 Å². The first-order chi connectivity index (χ1) is 11.9. The molecular formula is C16H12ClN3O4S. The third-order valence-electron chi connectivity index (χ3n) is 3.43. The summed E-state index contributed by atoms with van der Waals surface area (Å²) in [6.45, 7) is 1.59. The molecule has 0 bridgehead atoms. The predicted molar refractivity (Wildman–Crippen MR) is 96.2 cm³/mol. The molecule has 0 radical (unpaired) electrons. The largest absolute Gasteiger partial charge is 0.431 e. The number of carbonyl (C=O) groups is 1. The summed E-state index contributed by atoms with van der Waals surface area (Å²) in [7, 11) is 0. The summed E-state index contributed by atoms with van der Waals surface area (Å²) in [6, 6.07) is 9.62. The number of nitro groups is 1. The van der Waals surface area contributed by atoms with Crippen LogP contribution < -0.4 is 5.32 Å². The van der Waals surface area contributed by atoms with E-state index in [9.17, 15) is 14.9 Å². The number of amides is 1. The van der Waals surface area contributed by atoms with Crippen LogP contribution in [-0.2, 0) is 4.79 Å². The molecule has 0 saturated carbocycles. The fourth-order valence-corrected chi connectivity index (χ4v) is 3.02. The molecule has 1 amide bonds. The van der Waals surface area contributed by atoms with Gasteiger partial charge in [0.25, 0.3) is 10.9 Å². The smallest absolute Gasteiger partial charge is 0.274 e. The molecular weight excluding hydrogens is 366 g/mol. The Hall–Kier alpha value is -2.58. The molecule has 0 aliphatic heterocycles. The van der Waals surface area contributed by atoms with Crippen molar-refractivity contribution in [2.24, 2.45) is 0 Å². The van der Waals surface area contributed by atoms with Crippen molar-refractivity contribution in [3.05, 3.63) is 57.1 Å². The Labute approximate surface area is 151 Å². The van der Waals surface area contributed by atoms with Gasteiger partial charge in [0, 0.05) is 11.1 Å². The Balaban J connectivity index is 1.66. The minimum atomic E-state index is -0.483. The second kappa shape index (κ2) is 7.12. The van der Waals surface area contributed by atoms with Crippen molar-refractivity contribution in [3.8, 4) is 0 Å². The van der Waals surface area contributed by atoms with Crippen LogP contribution in [0.3, 0.4) is 0 Å². The van der Waals surface area contributed by atoms with E-state index in [4.69, 9.17) is 16.0 Å². The lowest BCUT2D eigenvalue weighted by Gasteiger charge is -2.07. The number of benzene rings is 2.